The molecule has 2 rings (SSSR count). The molecule has 0 bridgehead atoms. The number of methoxy groups -OCH3 is 2. The van der Waals surface area contributed by atoms with Gasteiger partial charge in [-0.3, -0.25) is 0 Å². The zero-order valence-corrected chi connectivity index (χ0v) is 17.0. The van der Waals surface area contributed by atoms with Gasteiger partial charge in [0.25, 0.3) is 0 Å². The van der Waals surface area contributed by atoms with Crippen molar-refractivity contribution in [3.05, 3.63) is 53.1 Å². The van der Waals surface area contributed by atoms with E-state index in [9.17, 15) is 18.3 Å². The number of alkyl halides is 3. The van der Waals surface area contributed by atoms with Crippen LogP contribution in [-0.2, 0) is 5.60 Å². The molecule has 0 radical (unpaired) electrons. The third-order valence-electron chi connectivity index (χ3n) is 4.72. The SMILES string of the molecule is CCN(C)/C=N/c1cc(OC)c(C(O)(c2ccc(OC)cc2)C(F)(F)F)cc1C. The highest BCUT2D eigenvalue weighted by Gasteiger charge is 2.57. The van der Waals surface area contributed by atoms with Crippen LogP contribution in [0.25, 0.3) is 0 Å². The summed E-state index contributed by atoms with van der Waals surface area (Å²) in [5.41, 5.74) is -3.09. The fourth-order valence-electron chi connectivity index (χ4n) is 2.81. The lowest BCUT2D eigenvalue weighted by Crippen LogP contribution is -2.43. The first-order valence-corrected chi connectivity index (χ1v) is 8.95. The minimum absolute atomic E-state index is 0.113. The number of nitrogens with zero attached hydrogens (tertiary/aromatic N) is 2. The van der Waals surface area contributed by atoms with Gasteiger partial charge in [0.05, 0.1) is 26.2 Å². The van der Waals surface area contributed by atoms with Gasteiger partial charge in [0.2, 0.25) is 5.60 Å². The normalized spacial score (nSPS) is 14.0. The van der Waals surface area contributed by atoms with Crippen LogP contribution in [0.3, 0.4) is 0 Å². The molecule has 2 aromatic rings. The van der Waals surface area contributed by atoms with Crippen LogP contribution in [0, 0.1) is 6.92 Å². The van der Waals surface area contributed by atoms with Crippen molar-refractivity contribution in [1.82, 2.24) is 4.90 Å². The summed E-state index contributed by atoms with van der Waals surface area (Å²) in [6.07, 6.45) is -3.41. The first kappa shape index (κ1) is 22.5. The highest BCUT2D eigenvalue weighted by Crippen LogP contribution is 2.48. The molecule has 1 atom stereocenters. The molecule has 0 aliphatic carbocycles. The van der Waals surface area contributed by atoms with Gasteiger partial charge in [-0.05, 0) is 43.2 Å². The highest BCUT2D eigenvalue weighted by molar-refractivity contribution is 5.66. The highest BCUT2D eigenvalue weighted by atomic mass is 19.4. The molecule has 158 valence electrons. The van der Waals surface area contributed by atoms with E-state index in [4.69, 9.17) is 9.47 Å². The van der Waals surface area contributed by atoms with E-state index in [1.165, 1.54) is 50.6 Å². The van der Waals surface area contributed by atoms with Gasteiger partial charge in [-0.1, -0.05) is 12.1 Å². The fourth-order valence-corrected chi connectivity index (χ4v) is 2.81. The van der Waals surface area contributed by atoms with Gasteiger partial charge in [0.1, 0.15) is 11.5 Å². The maximum atomic E-state index is 14.1. The maximum absolute atomic E-state index is 14.1. The van der Waals surface area contributed by atoms with Crippen molar-refractivity contribution in [1.29, 1.82) is 0 Å². The van der Waals surface area contributed by atoms with Crippen molar-refractivity contribution in [2.45, 2.75) is 25.6 Å². The van der Waals surface area contributed by atoms with E-state index in [2.05, 4.69) is 4.99 Å². The van der Waals surface area contributed by atoms with Crippen molar-refractivity contribution < 1.29 is 27.8 Å². The number of hydrogen-bond donors (Lipinski definition) is 1. The Morgan fingerprint density at radius 1 is 1.10 bits per heavy atom. The Labute approximate surface area is 168 Å². The molecule has 1 unspecified atom stereocenters. The number of aliphatic imine (C=N–C) groups is 1. The molecule has 0 saturated heterocycles. The second kappa shape index (κ2) is 8.73. The van der Waals surface area contributed by atoms with Crippen LogP contribution < -0.4 is 9.47 Å². The van der Waals surface area contributed by atoms with E-state index in [0.29, 0.717) is 17.0 Å². The molecule has 0 heterocycles. The summed E-state index contributed by atoms with van der Waals surface area (Å²) in [5.74, 6) is 0.267. The number of hydrogen-bond acceptors (Lipinski definition) is 4. The smallest absolute Gasteiger partial charge is 0.425 e. The van der Waals surface area contributed by atoms with Crippen molar-refractivity contribution >= 4 is 12.0 Å². The Hall–Kier alpha value is -2.74. The molecular weight excluding hydrogens is 385 g/mol. The van der Waals surface area contributed by atoms with E-state index in [1.54, 1.807) is 13.3 Å². The molecule has 0 fully saturated rings. The summed E-state index contributed by atoms with van der Waals surface area (Å²) in [6.45, 7) is 4.30. The summed E-state index contributed by atoms with van der Waals surface area (Å²) in [5, 5.41) is 10.9. The van der Waals surface area contributed by atoms with Crippen molar-refractivity contribution in [3.63, 3.8) is 0 Å². The van der Waals surface area contributed by atoms with Gasteiger partial charge in [-0.15, -0.1) is 0 Å². The molecule has 0 saturated carbocycles. The average Bonchev–Trinajstić information content (AvgIpc) is 2.70. The third kappa shape index (κ3) is 4.48. The molecule has 5 nitrogen and oxygen atoms in total. The van der Waals surface area contributed by atoms with E-state index in [-0.39, 0.29) is 11.3 Å². The lowest BCUT2D eigenvalue weighted by Gasteiger charge is -2.33. The Morgan fingerprint density at radius 2 is 1.72 bits per heavy atom. The molecule has 0 spiro atoms. The summed E-state index contributed by atoms with van der Waals surface area (Å²) >= 11 is 0. The first-order valence-electron chi connectivity index (χ1n) is 8.95. The van der Waals surface area contributed by atoms with Crippen LogP contribution in [0.5, 0.6) is 11.5 Å². The zero-order chi connectivity index (χ0) is 21.8. The monoisotopic (exact) mass is 410 g/mol. The second-order valence-electron chi connectivity index (χ2n) is 6.59. The molecule has 29 heavy (non-hydrogen) atoms. The number of benzene rings is 2. The number of halogens is 3. The van der Waals surface area contributed by atoms with E-state index >= 15 is 0 Å². The van der Waals surface area contributed by atoms with E-state index < -0.39 is 17.3 Å². The predicted molar refractivity (Wildman–Crippen MR) is 106 cm³/mol. The van der Waals surface area contributed by atoms with Gasteiger partial charge < -0.3 is 19.5 Å². The van der Waals surface area contributed by atoms with Gasteiger partial charge >= 0.3 is 6.18 Å². The molecule has 2 aromatic carbocycles. The van der Waals surface area contributed by atoms with Crippen LogP contribution in [0.1, 0.15) is 23.6 Å². The summed E-state index contributed by atoms with van der Waals surface area (Å²) in [4.78, 5) is 6.13. The van der Waals surface area contributed by atoms with Gasteiger partial charge in [-0.25, -0.2) is 4.99 Å². The maximum Gasteiger partial charge on any atom is 0.425 e. The van der Waals surface area contributed by atoms with Gasteiger partial charge in [-0.2, -0.15) is 13.2 Å². The Balaban J connectivity index is 2.67. The van der Waals surface area contributed by atoms with Crippen LogP contribution in [-0.4, -0.2) is 50.3 Å². The minimum Gasteiger partial charge on any atom is -0.497 e. The Kier molecular flexibility index (Phi) is 6.79. The van der Waals surface area contributed by atoms with Crippen molar-refractivity contribution in [2.24, 2.45) is 4.99 Å². The molecular formula is C21H25F3N2O3. The first-order chi connectivity index (χ1) is 13.6. The molecule has 0 aromatic heterocycles. The molecule has 1 N–H and O–H groups in total. The predicted octanol–water partition coefficient (Wildman–Crippen LogP) is 4.42. The Morgan fingerprint density at radius 3 is 2.21 bits per heavy atom. The summed E-state index contributed by atoms with van der Waals surface area (Å²) in [6, 6.07) is 7.75. The van der Waals surface area contributed by atoms with Crippen LogP contribution >= 0.6 is 0 Å². The number of ether oxygens (including phenoxy) is 2. The molecule has 0 amide bonds. The van der Waals surface area contributed by atoms with Gasteiger partial charge in [0.15, 0.2) is 0 Å². The Bertz CT molecular complexity index is 867. The summed E-state index contributed by atoms with van der Waals surface area (Å²) in [7, 11) is 4.49. The van der Waals surface area contributed by atoms with Crippen LogP contribution in [0.15, 0.2) is 41.4 Å². The third-order valence-corrected chi connectivity index (χ3v) is 4.72. The lowest BCUT2D eigenvalue weighted by atomic mass is 9.84. The van der Waals surface area contributed by atoms with E-state index in [0.717, 1.165) is 6.54 Å². The zero-order valence-electron chi connectivity index (χ0n) is 17.0. The largest absolute Gasteiger partial charge is 0.497 e. The fraction of sp³-hybridized carbons (Fsp3) is 0.381. The second-order valence-corrected chi connectivity index (χ2v) is 6.59. The number of aliphatic hydroxyl groups is 1. The topological polar surface area (TPSA) is 54.3 Å². The lowest BCUT2D eigenvalue weighted by molar-refractivity contribution is -0.248. The minimum atomic E-state index is -4.99. The average molecular weight is 410 g/mol. The van der Waals surface area contributed by atoms with E-state index in [1.807, 2.05) is 18.9 Å². The van der Waals surface area contributed by atoms with Gasteiger partial charge in [0, 0.05) is 25.2 Å². The summed E-state index contributed by atoms with van der Waals surface area (Å²) < 4.78 is 52.6. The molecule has 8 heteroatoms. The number of rotatable bonds is 7. The van der Waals surface area contributed by atoms with Crippen LogP contribution in [0.2, 0.25) is 0 Å². The molecule has 0 aliphatic heterocycles. The quantitative estimate of drug-likeness (QED) is 0.542. The standard InChI is InChI=1S/C21H25F3N2O3/c1-6-26(3)13-25-18-12-19(29-5)17(11-14(18)2)20(27,21(22,23)24)15-7-9-16(28-4)10-8-15/h7-13,27H,6H2,1-5H3/b25-13+. The van der Waals surface area contributed by atoms with Crippen molar-refractivity contribution in [2.75, 3.05) is 27.8 Å². The number of aryl methyl sites for hydroxylation is 1. The molecule has 0 aliphatic rings. The van der Waals surface area contributed by atoms with Crippen molar-refractivity contribution in [3.8, 4) is 11.5 Å². The van der Waals surface area contributed by atoms with Crippen LogP contribution in [0.4, 0.5) is 18.9 Å².